The lowest BCUT2D eigenvalue weighted by molar-refractivity contribution is 0.385. The molecule has 0 bridgehead atoms. The van der Waals surface area contributed by atoms with Crippen LogP contribution in [0.2, 0.25) is 0 Å². The van der Waals surface area contributed by atoms with Gasteiger partial charge < -0.3 is 4.52 Å². The maximum Gasteiger partial charge on any atom is 0.231 e. The molecule has 4 rings (SSSR count). The fourth-order valence-electron chi connectivity index (χ4n) is 2.59. The first kappa shape index (κ1) is 13.6. The van der Waals surface area contributed by atoms with E-state index in [0.717, 1.165) is 16.6 Å². The standard InChI is InChI=1S/C17H15N5O/c1-11-5-3-4-6-12(11)10-16-18-17(20-23-16)13-7-8-14-15(9-13)22(2)21-19-14/h3-9H,10H2,1-2H3. The third kappa shape index (κ3) is 2.48. The van der Waals surface area contributed by atoms with Crippen LogP contribution in [0, 0.1) is 6.92 Å². The van der Waals surface area contributed by atoms with Crippen molar-refractivity contribution in [2.75, 3.05) is 0 Å². The zero-order chi connectivity index (χ0) is 15.8. The highest BCUT2D eigenvalue weighted by molar-refractivity contribution is 5.79. The predicted molar refractivity (Wildman–Crippen MR) is 85.8 cm³/mol. The average molecular weight is 305 g/mol. The van der Waals surface area contributed by atoms with E-state index in [9.17, 15) is 0 Å². The molecule has 0 saturated carbocycles. The van der Waals surface area contributed by atoms with Crippen molar-refractivity contribution in [1.29, 1.82) is 0 Å². The third-order valence-electron chi connectivity index (χ3n) is 3.94. The second-order valence-electron chi connectivity index (χ2n) is 5.53. The molecule has 0 unspecified atom stereocenters. The highest BCUT2D eigenvalue weighted by atomic mass is 16.5. The predicted octanol–water partition coefficient (Wildman–Crippen LogP) is 2.92. The molecule has 0 fully saturated rings. The molecule has 2 aromatic carbocycles. The summed E-state index contributed by atoms with van der Waals surface area (Å²) < 4.78 is 7.13. The molecule has 0 radical (unpaired) electrons. The van der Waals surface area contributed by atoms with E-state index in [2.05, 4.69) is 39.5 Å². The summed E-state index contributed by atoms with van der Waals surface area (Å²) in [5, 5.41) is 12.2. The van der Waals surface area contributed by atoms with Crippen LogP contribution in [0.5, 0.6) is 0 Å². The van der Waals surface area contributed by atoms with Crippen LogP contribution in [0.25, 0.3) is 22.4 Å². The maximum absolute atomic E-state index is 5.40. The summed E-state index contributed by atoms with van der Waals surface area (Å²) in [6, 6.07) is 14.0. The maximum atomic E-state index is 5.40. The molecule has 0 aliphatic carbocycles. The number of benzene rings is 2. The number of aromatic nitrogens is 5. The molecule has 0 saturated heterocycles. The second kappa shape index (κ2) is 5.31. The van der Waals surface area contributed by atoms with Crippen molar-refractivity contribution >= 4 is 11.0 Å². The Morgan fingerprint density at radius 1 is 1.13 bits per heavy atom. The molecule has 4 aromatic rings. The lowest BCUT2D eigenvalue weighted by Gasteiger charge is -2.00. The van der Waals surface area contributed by atoms with Gasteiger partial charge in [0.1, 0.15) is 5.52 Å². The zero-order valence-corrected chi connectivity index (χ0v) is 12.9. The molecule has 6 nitrogen and oxygen atoms in total. The number of nitrogens with zero attached hydrogens (tertiary/aromatic N) is 5. The second-order valence-corrected chi connectivity index (χ2v) is 5.53. The van der Waals surface area contributed by atoms with Crippen LogP contribution in [-0.4, -0.2) is 25.1 Å². The summed E-state index contributed by atoms with van der Waals surface area (Å²) in [5.41, 5.74) is 5.08. The topological polar surface area (TPSA) is 69.6 Å². The minimum Gasteiger partial charge on any atom is -0.339 e. The van der Waals surface area contributed by atoms with Crippen LogP contribution in [-0.2, 0) is 13.5 Å². The van der Waals surface area contributed by atoms with Crippen molar-refractivity contribution in [2.45, 2.75) is 13.3 Å². The molecule has 0 amide bonds. The zero-order valence-electron chi connectivity index (χ0n) is 12.9. The van der Waals surface area contributed by atoms with Crippen molar-refractivity contribution in [3.05, 3.63) is 59.5 Å². The number of fused-ring (bicyclic) bond motifs is 1. The monoisotopic (exact) mass is 305 g/mol. The molecule has 0 spiro atoms. The first-order chi connectivity index (χ1) is 11.2. The Bertz CT molecular complexity index is 985. The molecule has 6 heteroatoms. The molecule has 0 aliphatic heterocycles. The number of rotatable bonds is 3. The van der Waals surface area contributed by atoms with E-state index in [-0.39, 0.29) is 0 Å². The average Bonchev–Trinajstić information content (AvgIpc) is 3.17. The first-order valence-corrected chi connectivity index (χ1v) is 7.37. The number of aryl methyl sites for hydroxylation is 2. The molecular formula is C17H15N5O. The van der Waals surface area contributed by atoms with Gasteiger partial charge >= 0.3 is 0 Å². The molecule has 0 aliphatic rings. The van der Waals surface area contributed by atoms with Crippen LogP contribution in [0.1, 0.15) is 17.0 Å². The summed E-state index contributed by atoms with van der Waals surface area (Å²) in [4.78, 5) is 4.51. The summed E-state index contributed by atoms with van der Waals surface area (Å²) in [6.07, 6.45) is 0.634. The Hall–Kier alpha value is -3.02. The van der Waals surface area contributed by atoms with Crippen LogP contribution >= 0.6 is 0 Å². The quantitative estimate of drug-likeness (QED) is 0.582. The van der Waals surface area contributed by atoms with Crippen LogP contribution < -0.4 is 0 Å². The van der Waals surface area contributed by atoms with Gasteiger partial charge in [-0.05, 0) is 36.2 Å². The lowest BCUT2D eigenvalue weighted by Crippen LogP contribution is -1.92. The third-order valence-corrected chi connectivity index (χ3v) is 3.94. The molecule has 114 valence electrons. The van der Waals surface area contributed by atoms with E-state index >= 15 is 0 Å². The molecule has 0 atom stereocenters. The van der Waals surface area contributed by atoms with Gasteiger partial charge in [-0.2, -0.15) is 4.98 Å². The van der Waals surface area contributed by atoms with Gasteiger partial charge in [-0.15, -0.1) is 5.10 Å². The van der Waals surface area contributed by atoms with Crippen molar-refractivity contribution in [2.24, 2.45) is 7.05 Å². The van der Waals surface area contributed by atoms with Gasteiger partial charge in [-0.3, -0.25) is 0 Å². The summed E-state index contributed by atoms with van der Waals surface area (Å²) in [5.74, 6) is 1.19. The van der Waals surface area contributed by atoms with E-state index in [1.165, 1.54) is 11.1 Å². The molecule has 23 heavy (non-hydrogen) atoms. The minimum absolute atomic E-state index is 0.580. The number of hydrogen-bond donors (Lipinski definition) is 0. The van der Waals surface area contributed by atoms with Crippen LogP contribution in [0.3, 0.4) is 0 Å². The number of hydrogen-bond acceptors (Lipinski definition) is 5. The highest BCUT2D eigenvalue weighted by Crippen LogP contribution is 2.22. The first-order valence-electron chi connectivity index (χ1n) is 7.37. The summed E-state index contributed by atoms with van der Waals surface area (Å²) in [7, 11) is 1.86. The summed E-state index contributed by atoms with van der Waals surface area (Å²) >= 11 is 0. The Balaban J connectivity index is 1.66. The lowest BCUT2D eigenvalue weighted by atomic mass is 10.1. The Labute approximate surface area is 132 Å². The van der Waals surface area contributed by atoms with Crippen molar-refractivity contribution in [1.82, 2.24) is 25.1 Å². The van der Waals surface area contributed by atoms with E-state index in [1.54, 1.807) is 4.68 Å². The van der Waals surface area contributed by atoms with Crippen molar-refractivity contribution < 1.29 is 4.52 Å². The van der Waals surface area contributed by atoms with Gasteiger partial charge in [0.15, 0.2) is 0 Å². The van der Waals surface area contributed by atoms with Gasteiger partial charge in [0.25, 0.3) is 0 Å². The Morgan fingerprint density at radius 2 is 2.00 bits per heavy atom. The Kier molecular flexibility index (Phi) is 3.15. The van der Waals surface area contributed by atoms with Crippen molar-refractivity contribution in [3.63, 3.8) is 0 Å². The normalized spacial score (nSPS) is 11.2. The van der Waals surface area contributed by atoms with Crippen LogP contribution in [0.4, 0.5) is 0 Å². The molecule has 0 N–H and O–H groups in total. The molecule has 2 aromatic heterocycles. The molecular weight excluding hydrogens is 290 g/mol. The fourth-order valence-corrected chi connectivity index (χ4v) is 2.59. The van der Waals surface area contributed by atoms with E-state index in [4.69, 9.17) is 4.52 Å². The van der Waals surface area contributed by atoms with Gasteiger partial charge in [-0.1, -0.05) is 34.6 Å². The SMILES string of the molecule is Cc1ccccc1Cc1nc(-c2ccc3nnn(C)c3c2)no1. The van der Waals surface area contributed by atoms with E-state index in [1.807, 2.05) is 37.4 Å². The minimum atomic E-state index is 0.580. The Morgan fingerprint density at radius 3 is 2.87 bits per heavy atom. The van der Waals surface area contributed by atoms with Gasteiger partial charge in [0, 0.05) is 12.6 Å². The van der Waals surface area contributed by atoms with Crippen LogP contribution in [0.15, 0.2) is 47.0 Å². The largest absolute Gasteiger partial charge is 0.339 e. The van der Waals surface area contributed by atoms with Crippen molar-refractivity contribution in [3.8, 4) is 11.4 Å². The summed E-state index contributed by atoms with van der Waals surface area (Å²) in [6.45, 7) is 2.08. The fraction of sp³-hybridized carbons (Fsp3) is 0.176. The van der Waals surface area contributed by atoms with Gasteiger partial charge in [-0.25, -0.2) is 4.68 Å². The smallest absolute Gasteiger partial charge is 0.231 e. The highest BCUT2D eigenvalue weighted by Gasteiger charge is 2.12. The van der Waals surface area contributed by atoms with Gasteiger partial charge in [0.2, 0.25) is 11.7 Å². The molecule has 2 heterocycles. The van der Waals surface area contributed by atoms with E-state index in [0.29, 0.717) is 18.1 Å². The van der Waals surface area contributed by atoms with Gasteiger partial charge in [0.05, 0.1) is 11.9 Å². The van der Waals surface area contributed by atoms with E-state index < -0.39 is 0 Å².